The van der Waals surface area contributed by atoms with Gasteiger partial charge < -0.3 is 14.5 Å². The van der Waals surface area contributed by atoms with E-state index in [1.54, 1.807) is 6.07 Å². The number of ether oxygens (including phenoxy) is 1. The van der Waals surface area contributed by atoms with Crippen molar-refractivity contribution in [1.29, 1.82) is 0 Å². The summed E-state index contributed by atoms with van der Waals surface area (Å²) in [6, 6.07) is 10.6. The normalized spacial score (nSPS) is 10.3. The third-order valence-corrected chi connectivity index (χ3v) is 5.19. The van der Waals surface area contributed by atoms with E-state index in [2.05, 4.69) is 26.4 Å². The maximum absolute atomic E-state index is 11.9. The van der Waals surface area contributed by atoms with Crippen molar-refractivity contribution in [3.8, 4) is 5.75 Å². The molecule has 0 aliphatic rings. The Morgan fingerprint density at radius 3 is 2.82 bits per heavy atom. The highest BCUT2D eigenvalue weighted by molar-refractivity contribution is 8.01. The molecule has 28 heavy (non-hydrogen) atoms. The minimum Gasteiger partial charge on any atom is -0.492 e. The van der Waals surface area contributed by atoms with Gasteiger partial charge in [0.2, 0.25) is 11.0 Å². The summed E-state index contributed by atoms with van der Waals surface area (Å²) in [4.78, 5) is 23.5. The van der Waals surface area contributed by atoms with Crippen molar-refractivity contribution in [2.24, 2.45) is 0 Å². The number of carbonyl (C=O) groups is 2. The number of hydrazine groups is 1. The zero-order chi connectivity index (χ0) is 19.8. The summed E-state index contributed by atoms with van der Waals surface area (Å²) in [5, 5.41) is 11.9. The number of hydrogen-bond acceptors (Lipinski definition) is 9. The van der Waals surface area contributed by atoms with Crippen LogP contribution in [0.2, 0.25) is 0 Å². The molecule has 0 bridgehead atoms. The Morgan fingerprint density at radius 2 is 2.04 bits per heavy atom. The van der Waals surface area contributed by atoms with Crippen LogP contribution in [0.1, 0.15) is 17.5 Å². The van der Waals surface area contributed by atoms with Crippen LogP contribution >= 0.6 is 23.1 Å². The number of hydrogen-bond donors (Lipinski definition) is 3. The van der Waals surface area contributed by atoms with Gasteiger partial charge in [-0.1, -0.05) is 35.2 Å². The predicted octanol–water partition coefficient (Wildman–Crippen LogP) is 2.83. The van der Waals surface area contributed by atoms with Crippen LogP contribution in [0.3, 0.4) is 0 Å². The molecule has 0 saturated carbocycles. The number of rotatable bonds is 8. The molecule has 0 aliphatic carbocycles. The van der Waals surface area contributed by atoms with Crippen LogP contribution in [-0.4, -0.2) is 34.4 Å². The van der Waals surface area contributed by atoms with E-state index in [0.717, 1.165) is 11.4 Å². The van der Waals surface area contributed by atoms with Crippen LogP contribution in [-0.2, 0) is 4.79 Å². The molecule has 0 unspecified atom stereocenters. The fourth-order valence-corrected chi connectivity index (χ4v) is 3.61. The van der Waals surface area contributed by atoms with Crippen molar-refractivity contribution in [3.63, 3.8) is 0 Å². The summed E-state index contributed by atoms with van der Waals surface area (Å²) in [7, 11) is 0. The minimum absolute atomic E-state index is 0.0720. The van der Waals surface area contributed by atoms with Gasteiger partial charge in [0.05, 0.1) is 24.3 Å². The number of benzene rings is 1. The second-order valence-corrected chi connectivity index (χ2v) is 7.40. The van der Waals surface area contributed by atoms with E-state index in [9.17, 15) is 9.59 Å². The lowest BCUT2D eigenvalue weighted by Gasteiger charge is -2.09. The van der Waals surface area contributed by atoms with Gasteiger partial charge >= 0.3 is 5.91 Å². The van der Waals surface area contributed by atoms with Gasteiger partial charge in [-0.25, -0.2) is 0 Å². The standard InChI is InChI=1S/C17H17N5O4S2/c1-2-25-12-7-4-3-6-11(12)18-16-21-22-17(28-16)27-10-14(23)19-20-15(24)13-8-5-9-26-13/h3-9H,2,10H2,1H3,(H,18,21)(H,19,23)(H,20,24). The Balaban J connectivity index is 1.47. The quantitative estimate of drug-likeness (QED) is 0.377. The van der Waals surface area contributed by atoms with Crippen LogP contribution in [0.25, 0.3) is 0 Å². The highest BCUT2D eigenvalue weighted by Gasteiger charge is 2.12. The molecule has 2 heterocycles. The second kappa shape index (κ2) is 9.76. The molecule has 3 N–H and O–H groups in total. The second-order valence-electron chi connectivity index (χ2n) is 5.20. The molecule has 146 valence electrons. The van der Waals surface area contributed by atoms with Crippen molar-refractivity contribution in [3.05, 3.63) is 48.4 Å². The molecule has 0 saturated heterocycles. The van der Waals surface area contributed by atoms with Gasteiger partial charge in [0.15, 0.2) is 10.1 Å². The Morgan fingerprint density at radius 1 is 1.18 bits per heavy atom. The molecule has 3 aromatic rings. The Hall–Kier alpha value is -3.05. The monoisotopic (exact) mass is 419 g/mol. The zero-order valence-electron chi connectivity index (χ0n) is 14.8. The van der Waals surface area contributed by atoms with Crippen molar-refractivity contribution < 1.29 is 18.7 Å². The molecule has 11 heteroatoms. The molecular weight excluding hydrogens is 402 g/mol. The molecule has 1 aromatic carbocycles. The van der Waals surface area contributed by atoms with E-state index in [0.29, 0.717) is 16.1 Å². The third-order valence-electron chi connectivity index (χ3n) is 3.22. The maximum atomic E-state index is 11.9. The summed E-state index contributed by atoms with van der Waals surface area (Å²) in [6.07, 6.45) is 1.38. The molecule has 0 fully saturated rings. The topological polar surface area (TPSA) is 118 Å². The van der Waals surface area contributed by atoms with Gasteiger partial charge in [-0.05, 0) is 31.2 Å². The van der Waals surface area contributed by atoms with E-state index in [1.807, 2.05) is 31.2 Å². The lowest BCUT2D eigenvalue weighted by Crippen LogP contribution is -2.42. The third kappa shape index (κ3) is 5.47. The molecule has 9 nitrogen and oxygen atoms in total. The number of thioether (sulfide) groups is 1. The Bertz CT molecular complexity index is 929. The highest BCUT2D eigenvalue weighted by Crippen LogP contribution is 2.31. The molecule has 0 radical (unpaired) electrons. The maximum Gasteiger partial charge on any atom is 0.305 e. The smallest absolute Gasteiger partial charge is 0.305 e. The average molecular weight is 419 g/mol. The molecular formula is C17H17N5O4S2. The first-order valence-electron chi connectivity index (χ1n) is 8.23. The van der Waals surface area contributed by atoms with Gasteiger partial charge in [-0.3, -0.25) is 20.4 Å². The van der Waals surface area contributed by atoms with Crippen LogP contribution in [0.4, 0.5) is 10.8 Å². The molecule has 0 spiro atoms. The summed E-state index contributed by atoms with van der Waals surface area (Å²) in [6.45, 7) is 2.47. The van der Waals surface area contributed by atoms with E-state index < -0.39 is 5.91 Å². The lowest BCUT2D eigenvalue weighted by molar-refractivity contribution is -0.119. The SMILES string of the molecule is CCOc1ccccc1Nc1nnc(SCC(=O)NNC(=O)c2ccco2)s1. The largest absolute Gasteiger partial charge is 0.492 e. The Kier molecular flexibility index (Phi) is 6.87. The minimum atomic E-state index is -0.529. The first-order chi connectivity index (χ1) is 13.7. The number of nitrogens with one attached hydrogen (secondary N) is 3. The predicted molar refractivity (Wildman–Crippen MR) is 106 cm³/mol. The van der Waals surface area contributed by atoms with Gasteiger partial charge in [0.1, 0.15) is 5.75 Å². The van der Waals surface area contributed by atoms with Gasteiger partial charge in [-0.2, -0.15) is 0 Å². The van der Waals surface area contributed by atoms with Gasteiger partial charge in [0, 0.05) is 0 Å². The van der Waals surface area contributed by atoms with Crippen molar-refractivity contribution in [2.45, 2.75) is 11.3 Å². The Labute approximate surface area is 168 Å². The summed E-state index contributed by atoms with van der Waals surface area (Å²) in [5.74, 6) is -0.000913. The highest BCUT2D eigenvalue weighted by atomic mass is 32.2. The van der Waals surface area contributed by atoms with Crippen LogP contribution in [0, 0.1) is 0 Å². The van der Waals surface area contributed by atoms with Gasteiger partial charge in [0.25, 0.3) is 0 Å². The first-order valence-corrected chi connectivity index (χ1v) is 10.0. The number of furan rings is 1. The number of carbonyl (C=O) groups excluding carboxylic acids is 2. The summed E-state index contributed by atoms with van der Waals surface area (Å²) in [5.41, 5.74) is 5.37. The van der Waals surface area contributed by atoms with Crippen LogP contribution in [0.15, 0.2) is 51.4 Å². The molecule has 0 aliphatic heterocycles. The zero-order valence-corrected chi connectivity index (χ0v) is 16.4. The van der Waals surface area contributed by atoms with Crippen molar-refractivity contribution >= 4 is 45.7 Å². The number of aromatic nitrogens is 2. The van der Waals surface area contributed by atoms with Crippen LogP contribution in [0.5, 0.6) is 5.75 Å². The summed E-state index contributed by atoms with van der Waals surface area (Å²) < 4.78 is 11.1. The molecule has 0 atom stereocenters. The molecule has 2 amide bonds. The van der Waals surface area contributed by atoms with E-state index in [1.165, 1.54) is 35.4 Å². The fraction of sp³-hybridized carbons (Fsp3) is 0.176. The molecule has 2 aromatic heterocycles. The van der Waals surface area contributed by atoms with Crippen LogP contribution < -0.4 is 20.9 Å². The summed E-state index contributed by atoms with van der Waals surface area (Å²) >= 11 is 2.52. The van der Waals surface area contributed by atoms with Crippen molar-refractivity contribution in [2.75, 3.05) is 17.7 Å². The van der Waals surface area contributed by atoms with E-state index in [4.69, 9.17) is 9.15 Å². The average Bonchev–Trinajstić information content (AvgIpc) is 3.38. The fourth-order valence-electron chi connectivity index (χ4n) is 2.04. The van der Waals surface area contributed by atoms with Gasteiger partial charge in [-0.15, -0.1) is 10.2 Å². The lowest BCUT2D eigenvalue weighted by atomic mass is 10.3. The van der Waals surface area contributed by atoms with E-state index in [-0.39, 0.29) is 17.4 Å². The number of anilines is 2. The number of amides is 2. The first kappa shape index (κ1) is 19.7. The number of para-hydroxylation sites is 2. The number of nitrogens with zero attached hydrogens (tertiary/aromatic N) is 2. The molecule has 3 rings (SSSR count). The van der Waals surface area contributed by atoms with E-state index >= 15 is 0 Å². The van der Waals surface area contributed by atoms with Crippen molar-refractivity contribution in [1.82, 2.24) is 21.0 Å².